The summed E-state index contributed by atoms with van der Waals surface area (Å²) in [6, 6.07) is 51.3. The van der Waals surface area contributed by atoms with E-state index in [1.807, 2.05) is 12.1 Å². The molecule has 0 aliphatic heterocycles. The van der Waals surface area contributed by atoms with Gasteiger partial charge in [0.25, 0.3) is 0 Å². The van der Waals surface area contributed by atoms with Gasteiger partial charge in [0.1, 0.15) is 5.82 Å². The summed E-state index contributed by atoms with van der Waals surface area (Å²) in [4.78, 5) is 0. The first-order chi connectivity index (χ1) is 41.9. The van der Waals surface area contributed by atoms with Crippen LogP contribution in [0.5, 0.6) is 0 Å². The first-order valence-corrected chi connectivity index (χ1v) is 36.0. The number of rotatable bonds is 13. The lowest BCUT2D eigenvalue weighted by molar-refractivity contribution is 0.348. The molecule has 6 aromatic rings. The molecule has 6 atom stereocenters. The van der Waals surface area contributed by atoms with Gasteiger partial charge in [0, 0.05) is 5.02 Å². The summed E-state index contributed by atoms with van der Waals surface area (Å²) >= 11 is 6.25. The van der Waals surface area contributed by atoms with Crippen LogP contribution >= 0.6 is 11.6 Å². The van der Waals surface area contributed by atoms with Crippen LogP contribution in [-0.4, -0.2) is 0 Å². The zero-order valence-electron chi connectivity index (χ0n) is 65.5. The van der Waals surface area contributed by atoms with Gasteiger partial charge in [0.15, 0.2) is 0 Å². The molecule has 0 amide bonds. The van der Waals surface area contributed by atoms with Crippen molar-refractivity contribution in [2.75, 3.05) is 0 Å². The number of aryl methyl sites for hydroxylation is 4. The van der Waals surface area contributed by atoms with Gasteiger partial charge in [-0.3, -0.25) is 0 Å². The van der Waals surface area contributed by atoms with Crippen LogP contribution in [0.4, 0.5) is 4.39 Å². The molecule has 0 spiro atoms. The van der Waals surface area contributed by atoms with Crippen molar-refractivity contribution in [2.45, 2.75) is 315 Å². The van der Waals surface area contributed by atoms with E-state index in [2.05, 4.69) is 335 Å². The van der Waals surface area contributed by atoms with Gasteiger partial charge in [-0.15, -0.1) is 0 Å². The fourth-order valence-electron chi connectivity index (χ4n) is 12.7. The fourth-order valence-corrected chi connectivity index (χ4v) is 13.1. The highest BCUT2D eigenvalue weighted by molar-refractivity contribution is 6.31. The van der Waals surface area contributed by atoms with E-state index in [1.165, 1.54) is 89.5 Å². The monoisotopic (exact) mass is 1290 g/mol. The number of hydrogen-bond donors (Lipinski definition) is 0. The fraction of sp³-hybridized carbons (Fsp3) is 0.604. The molecular formula is C91H146ClF. The molecule has 6 aromatic carbocycles. The molecule has 1 aliphatic carbocycles. The molecule has 524 valence electrons. The predicted octanol–water partition coefficient (Wildman–Crippen LogP) is 30.9. The molecule has 0 radical (unpaired) electrons. The van der Waals surface area contributed by atoms with Crippen LogP contribution in [-0.2, 0) is 0 Å². The first kappa shape index (κ1) is 88.5. The maximum absolute atomic E-state index is 13.4. The number of benzene rings is 6. The Balaban J connectivity index is 0.00000107. The smallest absolute Gasteiger partial charge is 0.126 e. The molecule has 0 N–H and O–H groups in total. The zero-order valence-corrected chi connectivity index (χ0v) is 66.3. The predicted molar refractivity (Wildman–Crippen MR) is 421 cm³/mol. The third-order valence-electron chi connectivity index (χ3n) is 16.6. The summed E-state index contributed by atoms with van der Waals surface area (Å²) in [6.07, 6.45) is 11.7. The Kier molecular flexibility index (Phi) is 38.4. The Bertz CT molecular complexity index is 2770. The second-order valence-corrected chi connectivity index (χ2v) is 37.3. The first-order valence-electron chi connectivity index (χ1n) is 35.7. The van der Waals surface area contributed by atoms with Crippen molar-refractivity contribution in [3.63, 3.8) is 0 Å². The molecule has 93 heavy (non-hydrogen) atoms. The minimum absolute atomic E-state index is 0. The molecule has 6 unspecified atom stereocenters. The number of halogens is 2. The molecule has 0 bridgehead atoms. The average Bonchev–Trinajstić information content (AvgIpc) is 1.65. The minimum atomic E-state index is -0.0896. The van der Waals surface area contributed by atoms with Gasteiger partial charge in [-0.05, 0) is 209 Å². The largest absolute Gasteiger partial charge is 0.207 e. The van der Waals surface area contributed by atoms with Gasteiger partial charge >= 0.3 is 0 Å². The molecule has 2 heteroatoms. The van der Waals surface area contributed by atoms with E-state index in [0.29, 0.717) is 73.4 Å². The third kappa shape index (κ3) is 44.8. The summed E-state index contributed by atoms with van der Waals surface area (Å²) < 4.78 is 13.4. The summed E-state index contributed by atoms with van der Waals surface area (Å²) in [6.45, 7) is 69.8. The van der Waals surface area contributed by atoms with E-state index < -0.39 is 0 Å². The van der Waals surface area contributed by atoms with E-state index in [9.17, 15) is 4.39 Å². The summed E-state index contributed by atoms with van der Waals surface area (Å²) in [5, 5.41) is 0.909. The molecule has 1 aliphatic rings. The second kappa shape index (κ2) is 40.3. The van der Waals surface area contributed by atoms with Crippen LogP contribution in [0.1, 0.15) is 343 Å². The molecule has 1 saturated carbocycles. The summed E-state index contributed by atoms with van der Waals surface area (Å²) in [5.74, 6) is 4.61. The van der Waals surface area contributed by atoms with Gasteiger partial charge in [-0.2, -0.15) is 0 Å². The Morgan fingerprint density at radius 2 is 0.602 bits per heavy atom. The van der Waals surface area contributed by atoms with Crippen LogP contribution in [0.15, 0.2) is 146 Å². The van der Waals surface area contributed by atoms with E-state index in [-0.39, 0.29) is 13.2 Å². The van der Waals surface area contributed by atoms with Gasteiger partial charge in [0.05, 0.1) is 0 Å². The second-order valence-electron chi connectivity index (χ2n) is 36.9. The Morgan fingerprint density at radius 1 is 0.333 bits per heavy atom. The Morgan fingerprint density at radius 3 is 0.860 bits per heavy atom. The van der Waals surface area contributed by atoms with Crippen molar-refractivity contribution in [2.24, 2.45) is 43.8 Å². The van der Waals surface area contributed by atoms with Gasteiger partial charge < -0.3 is 0 Å². The molecule has 0 aromatic heterocycles. The lowest BCUT2D eigenvalue weighted by Crippen LogP contribution is -2.10. The van der Waals surface area contributed by atoms with Crippen LogP contribution < -0.4 is 0 Å². The zero-order chi connectivity index (χ0) is 70.8. The standard InChI is InChI=1S/C14H21Cl.C14H21F.2C14H22.2C13H20.C8H16.CH4/c1-10-6-7-12(13(15)8-10)11(2)9-14(3,4)5;1-10-6-7-12(8-13(10)15)11(2)9-14(3,4)5;2*1-11-6-8-13(9-7-11)12(2)10-14(3,4)5;2*1-11(10-13(2,3)4)12-8-6-5-7-9-12;1-8(2,3)6-7-4-5-7;/h2*6-8,11H,9H2,1-5H3;2*6-9,12H,10H2,1-5H3;2*5-9,11H,10H2,1-4H3;7H,4-6H2,1-3H3;1H4. The summed E-state index contributed by atoms with van der Waals surface area (Å²) in [7, 11) is 0. The lowest BCUT2D eigenvalue weighted by atomic mass is 9.82. The molecule has 1 fully saturated rings. The maximum atomic E-state index is 13.4. The normalized spacial score (nSPS) is 14.5. The highest BCUT2D eigenvalue weighted by atomic mass is 35.5. The molecule has 0 nitrogen and oxygen atoms in total. The van der Waals surface area contributed by atoms with E-state index in [0.717, 1.165) is 34.9 Å². The number of hydrogen-bond acceptors (Lipinski definition) is 0. The lowest BCUT2D eigenvalue weighted by Gasteiger charge is -2.24. The van der Waals surface area contributed by atoms with Crippen molar-refractivity contribution < 1.29 is 4.39 Å². The average molecular weight is 1290 g/mol. The van der Waals surface area contributed by atoms with Gasteiger partial charge in [-0.25, -0.2) is 4.39 Å². The molecular weight excluding hydrogens is 1150 g/mol. The van der Waals surface area contributed by atoms with Crippen LogP contribution in [0.3, 0.4) is 0 Å². The van der Waals surface area contributed by atoms with Crippen LogP contribution in [0.25, 0.3) is 0 Å². The third-order valence-corrected chi connectivity index (χ3v) is 16.9. The molecule has 0 saturated heterocycles. The van der Waals surface area contributed by atoms with Crippen molar-refractivity contribution >= 4 is 11.6 Å². The Hall–Kier alpha value is -4.46. The highest BCUT2D eigenvalue weighted by Crippen LogP contribution is 2.40. The van der Waals surface area contributed by atoms with Gasteiger partial charge in [-0.1, -0.05) is 363 Å². The van der Waals surface area contributed by atoms with Crippen molar-refractivity contribution in [3.8, 4) is 0 Å². The van der Waals surface area contributed by atoms with E-state index in [1.54, 1.807) is 13.0 Å². The summed E-state index contributed by atoms with van der Waals surface area (Å²) in [5.41, 5.74) is 15.8. The Labute approximate surface area is 583 Å². The molecule has 7 rings (SSSR count). The van der Waals surface area contributed by atoms with E-state index in [4.69, 9.17) is 11.6 Å². The van der Waals surface area contributed by atoms with Crippen LogP contribution in [0, 0.1) is 77.3 Å². The van der Waals surface area contributed by atoms with Gasteiger partial charge in [0.2, 0.25) is 0 Å². The topological polar surface area (TPSA) is 0 Å². The quantitative estimate of drug-likeness (QED) is 0.108. The highest BCUT2D eigenvalue weighted by Gasteiger charge is 2.27. The molecule has 0 heterocycles. The minimum Gasteiger partial charge on any atom is -0.207 e. The van der Waals surface area contributed by atoms with Crippen molar-refractivity contribution in [3.05, 3.63) is 212 Å². The van der Waals surface area contributed by atoms with Crippen molar-refractivity contribution in [1.29, 1.82) is 0 Å². The SMILES string of the molecule is C.CC(C)(C)CC1CC1.CC(CC(C)(C)C)c1ccccc1.CC(CC(C)(C)C)c1ccccc1.Cc1ccc(C(C)CC(C)(C)C)c(Cl)c1.Cc1ccc(C(C)CC(C)(C)C)cc1.Cc1ccc(C(C)CC(C)(C)C)cc1.Cc1ccc(C(C)CC(C)(C)C)cc1F. The van der Waals surface area contributed by atoms with Crippen LogP contribution in [0.2, 0.25) is 5.02 Å². The van der Waals surface area contributed by atoms with E-state index >= 15 is 0 Å². The van der Waals surface area contributed by atoms with Crippen molar-refractivity contribution in [1.82, 2.24) is 0 Å². The maximum Gasteiger partial charge on any atom is 0.126 e.